The number of aryl methyl sites for hydroxylation is 1. The van der Waals surface area contributed by atoms with E-state index < -0.39 is 0 Å². The highest BCUT2D eigenvalue weighted by Crippen LogP contribution is 2.52. The maximum absolute atomic E-state index is 4.56. The Morgan fingerprint density at radius 3 is 2.93 bits per heavy atom. The van der Waals surface area contributed by atoms with E-state index in [0.717, 1.165) is 0 Å². The molecule has 0 saturated heterocycles. The first-order valence-electron chi connectivity index (χ1n) is 5.35. The Balaban J connectivity index is 2.06. The zero-order valence-electron chi connectivity index (χ0n) is 8.88. The summed E-state index contributed by atoms with van der Waals surface area (Å²) in [5.74, 6) is 0. The molecule has 1 aromatic heterocycles. The van der Waals surface area contributed by atoms with E-state index in [1.165, 1.54) is 42.8 Å². The molecule has 2 nitrogen and oxygen atoms in total. The highest BCUT2D eigenvalue weighted by Gasteiger charge is 2.46. The van der Waals surface area contributed by atoms with Gasteiger partial charge in [-0.1, -0.05) is 0 Å². The van der Waals surface area contributed by atoms with Crippen molar-refractivity contribution in [3.05, 3.63) is 23.5 Å². The van der Waals surface area contributed by atoms with Gasteiger partial charge in [-0.05, 0) is 43.2 Å². The van der Waals surface area contributed by atoms with Crippen LogP contribution < -0.4 is 4.90 Å². The average Bonchev–Trinajstić information content (AvgIpc) is 2.87. The third kappa shape index (κ3) is 1.13. The van der Waals surface area contributed by atoms with Gasteiger partial charge >= 0.3 is 0 Å². The van der Waals surface area contributed by atoms with Crippen LogP contribution in [0.2, 0.25) is 0 Å². The van der Waals surface area contributed by atoms with Gasteiger partial charge in [-0.2, -0.15) is 0 Å². The van der Waals surface area contributed by atoms with Crippen LogP contribution in [0.4, 0.5) is 5.69 Å². The van der Waals surface area contributed by atoms with Crippen molar-refractivity contribution in [1.29, 1.82) is 0 Å². The maximum Gasteiger partial charge on any atom is 0.0643 e. The summed E-state index contributed by atoms with van der Waals surface area (Å²) in [6.45, 7) is 3.34. The molecule has 0 bridgehead atoms. The van der Waals surface area contributed by atoms with E-state index in [1.807, 2.05) is 6.20 Å². The van der Waals surface area contributed by atoms with Gasteiger partial charge in [0.1, 0.15) is 0 Å². The molecule has 0 unspecified atom stereocenters. The van der Waals surface area contributed by atoms with Crippen LogP contribution in [-0.4, -0.2) is 18.6 Å². The second-order valence-electron chi connectivity index (χ2n) is 5.01. The lowest BCUT2D eigenvalue weighted by Gasteiger charge is -2.33. The SMILES string of the molecule is Cc1cnc2c(c1)N(C)CC1(CC1)C2. The fourth-order valence-corrected chi connectivity index (χ4v) is 2.56. The summed E-state index contributed by atoms with van der Waals surface area (Å²) in [5.41, 5.74) is 4.52. The second-order valence-corrected chi connectivity index (χ2v) is 5.01. The molecule has 0 radical (unpaired) electrons. The lowest BCUT2D eigenvalue weighted by atomic mass is 9.93. The maximum atomic E-state index is 4.56. The minimum absolute atomic E-state index is 0.601. The third-order valence-corrected chi connectivity index (χ3v) is 3.57. The average molecular weight is 188 g/mol. The fourth-order valence-electron chi connectivity index (χ4n) is 2.56. The molecule has 1 aliphatic heterocycles. The molecule has 1 aliphatic carbocycles. The standard InChI is InChI=1S/C12H16N2/c1-9-5-11-10(13-7-9)6-12(3-4-12)8-14(11)2/h5,7H,3-4,6,8H2,1-2H3. The molecular formula is C12H16N2. The third-order valence-electron chi connectivity index (χ3n) is 3.57. The van der Waals surface area contributed by atoms with E-state index in [0.29, 0.717) is 5.41 Å². The lowest BCUT2D eigenvalue weighted by Crippen LogP contribution is -2.34. The Kier molecular flexibility index (Phi) is 1.48. The summed E-state index contributed by atoms with van der Waals surface area (Å²) < 4.78 is 0. The molecule has 2 aliphatic rings. The summed E-state index contributed by atoms with van der Waals surface area (Å²) in [5, 5.41) is 0. The van der Waals surface area contributed by atoms with Crippen LogP contribution in [0.1, 0.15) is 24.1 Å². The van der Waals surface area contributed by atoms with Crippen molar-refractivity contribution in [1.82, 2.24) is 4.98 Å². The Labute approximate surface area is 85.0 Å². The zero-order valence-corrected chi connectivity index (χ0v) is 8.88. The molecule has 1 fully saturated rings. The first kappa shape index (κ1) is 8.27. The molecule has 1 spiro atoms. The van der Waals surface area contributed by atoms with Crippen LogP contribution in [0, 0.1) is 12.3 Å². The van der Waals surface area contributed by atoms with E-state index in [4.69, 9.17) is 0 Å². The van der Waals surface area contributed by atoms with Gasteiger partial charge in [-0.3, -0.25) is 4.98 Å². The number of nitrogens with zero attached hydrogens (tertiary/aromatic N) is 2. The van der Waals surface area contributed by atoms with Gasteiger partial charge < -0.3 is 4.90 Å². The number of aromatic nitrogens is 1. The van der Waals surface area contributed by atoms with Crippen molar-refractivity contribution in [2.24, 2.45) is 5.41 Å². The smallest absolute Gasteiger partial charge is 0.0643 e. The first-order valence-corrected chi connectivity index (χ1v) is 5.35. The summed E-state index contributed by atoms with van der Waals surface area (Å²) in [7, 11) is 2.19. The van der Waals surface area contributed by atoms with E-state index in [1.54, 1.807) is 0 Å². The van der Waals surface area contributed by atoms with Crippen LogP contribution in [-0.2, 0) is 6.42 Å². The van der Waals surface area contributed by atoms with Crippen LogP contribution in [0.5, 0.6) is 0 Å². The van der Waals surface area contributed by atoms with Gasteiger partial charge in [0.25, 0.3) is 0 Å². The molecule has 0 atom stereocenters. The van der Waals surface area contributed by atoms with Gasteiger partial charge in [0.05, 0.1) is 11.4 Å². The second kappa shape index (κ2) is 2.50. The molecule has 2 heteroatoms. The number of fused-ring (bicyclic) bond motifs is 1. The van der Waals surface area contributed by atoms with E-state index in [9.17, 15) is 0 Å². The fraction of sp³-hybridized carbons (Fsp3) is 0.583. The van der Waals surface area contributed by atoms with Gasteiger partial charge in [-0.25, -0.2) is 0 Å². The van der Waals surface area contributed by atoms with Gasteiger partial charge in [0.15, 0.2) is 0 Å². The molecule has 2 heterocycles. The summed E-state index contributed by atoms with van der Waals surface area (Å²) >= 11 is 0. The highest BCUT2D eigenvalue weighted by atomic mass is 15.1. The van der Waals surface area contributed by atoms with Gasteiger partial charge in [0, 0.05) is 19.8 Å². The molecule has 14 heavy (non-hydrogen) atoms. The van der Waals surface area contributed by atoms with Crippen molar-refractivity contribution in [2.45, 2.75) is 26.2 Å². The quantitative estimate of drug-likeness (QED) is 0.620. The van der Waals surface area contributed by atoms with Gasteiger partial charge in [0.2, 0.25) is 0 Å². The predicted molar refractivity (Wildman–Crippen MR) is 57.6 cm³/mol. The summed E-state index contributed by atoms with van der Waals surface area (Å²) in [6.07, 6.45) is 5.99. The molecule has 1 aromatic rings. The number of rotatable bonds is 0. The van der Waals surface area contributed by atoms with E-state index >= 15 is 0 Å². The molecule has 0 aromatic carbocycles. The molecule has 0 amide bonds. The number of hydrogen-bond acceptors (Lipinski definition) is 2. The topological polar surface area (TPSA) is 16.1 Å². The molecule has 0 N–H and O–H groups in total. The summed E-state index contributed by atoms with van der Waals surface area (Å²) in [4.78, 5) is 6.94. The molecule has 1 saturated carbocycles. The highest BCUT2D eigenvalue weighted by molar-refractivity contribution is 5.55. The minimum atomic E-state index is 0.601. The monoisotopic (exact) mass is 188 g/mol. The minimum Gasteiger partial charge on any atom is -0.373 e. The molecule has 3 rings (SSSR count). The number of pyridine rings is 1. The molecule has 74 valence electrons. The Morgan fingerprint density at radius 2 is 2.21 bits per heavy atom. The number of hydrogen-bond donors (Lipinski definition) is 0. The first-order chi connectivity index (χ1) is 6.69. The van der Waals surface area contributed by atoms with Crippen LogP contribution >= 0.6 is 0 Å². The van der Waals surface area contributed by atoms with Crippen molar-refractivity contribution < 1.29 is 0 Å². The Morgan fingerprint density at radius 1 is 1.43 bits per heavy atom. The normalized spacial score (nSPS) is 22.3. The van der Waals surface area contributed by atoms with Crippen molar-refractivity contribution >= 4 is 5.69 Å². The van der Waals surface area contributed by atoms with Crippen molar-refractivity contribution in [3.63, 3.8) is 0 Å². The summed E-state index contributed by atoms with van der Waals surface area (Å²) in [6, 6.07) is 2.26. The number of anilines is 1. The zero-order chi connectivity index (χ0) is 9.76. The van der Waals surface area contributed by atoms with Crippen LogP contribution in [0.15, 0.2) is 12.3 Å². The lowest BCUT2D eigenvalue weighted by molar-refractivity contribution is 0.478. The van der Waals surface area contributed by atoms with E-state index in [2.05, 4.69) is 29.9 Å². The largest absolute Gasteiger partial charge is 0.373 e. The molecular weight excluding hydrogens is 172 g/mol. The van der Waals surface area contributed by atoms with Crippen LogP contribution in [0.3, 0.4) is 0 Å². The Bertz CT molecular complexity index is 380. The predicted octanol–water partition coefficient (Wildman–Crippen LogP) is 2.16. The van der Waals surface area contributed by atoms with Crippen molar-refractivity contribution in [3.8, 4) is 0 Å². The van der Waals surface area contributed by atoms with Gasteiger partial charge in [-0.15, -0.1) is 0 Å². The van der Waals surface area contributed by atoms with Crippen LogP contribution in [0.25, 0.3) is 0 Å². The van der Waals surface area contributed by atoms with Crippen molar-refractivity contribution in [2.75, 3.05) is 18.5 Å². The Hall–Kier alpha value is -1.05. The van der Waals surface area contributed by atoms with E-state index in [-0.39, 0.29) is 0 Å².